The third kappa shape index (κ3) is 1.35. The summed E-state index contributed by atoms with van der Waals surface area (Å²) in [6.45, 7) is 4.83. The number of imidazole rings is 1. The van der Waals surface area contributed by atoms with E-state index in [1.165, 1.54) is 0 Å². The first-order valence-electron chi connectivity index (χ1n) is 5.96. The zero-order valence-corrected chi connectivity index (χ0v) is 10.3. The van der Waals surface area contributed by atoms with Crippen molar-refractivity contribution in [2.75, 3.05) is 12.3 Å². The van der Waals surface area contributed by atoms with E-state index < -0.39 is 0 Å². The van der Waals surface area contributed by atoms with Crippen molar-refractivity contribution in [2.45, 2.75) is 19.9 Å². The molecule has 92 valence electrons. The molecule has 0 aliphatic carbocycles. The molecule has 0 amide bonds. The van der Waals surface area contributed by atoms with E-state index in [-0.39, 0.29) is 6.04 Å². The largest absolute Gasteiger partial charge is 0.489 e. The molecule has 1 aliphatic heterocycles. The average molecular weight is 242 g/mol. The summed E-state index contributed by atoms with van der Waals surface area (Å²) < 4.78 is 7.79. The van der Waals surface area contributed by atoms with Gasteiger partial charge < -0.3 is 15.0 Å². The molecule has 1 aliphatic rings. The van der Waals surface area contributed by atoms with E-state index in [1.54, 1.807) is 12.1 Å². The van der Waals surface area contributed by atoms with Gasteiger partial charge in [0, 0.05) is 6.07 Å². The summed E-state index contributed by atoms with van der Waals surface area (Å²) in [5.74, 6) is 1.60. The van der Waals surface area contributed by atoms with E-state index in [0.717, 1.165) is 11.0 Å². The Balaban J connectivity index is 2.33. The van der Waals surface area contributed by atoms with Crippen molar-refractivity contribution in [3.8, 4) is 11.8 Å². The molecule has 1 aromatic heterocycles. The highest BCUT2D eigenvalue weighted by Crippen LogP contribution is 2.38. The number of anilines is 1. The lowest BCUT2D eigenvalue weighted by Gasteiger charge is -2.29. The fraction of sp³-hybridized carbons (Fsp3) is 0.385. The van der Waals surface area contributed by atoms with E-state index in [0.29, 0.717) is 29.8 Å². The van der Waals surface area contributed by atoms with Gasteiger partial charge in [0.15, 0.2) is 0 Å². The van der Waals surface area contributed by atoms with Gasteiger partial charge in [-0.05, 0) is 12.0 Å². The van der Waals surface area contributed by atoms with Gasteiger partial charge in [-0.1, -0.05) is 13.8 Å². The van der Waals surface area contributed by atoms with Crippen LogP contribution in [0.4, 0.5) is 5.95 Å². The van der Waals surface area contributed by atoms with Crippen LogP contribution in [0.3, 0.4) is 0 Å². The van der Waals surface area contributed by atoms with Gasteiger partial charge in [0.2, 0.25) is 5.95 Å². The van der Waals surface area contributed by atoms with Crippen molar-refractivity contribution in [1.29, 1.82) is 5.26 Å². The second-order valence-electron chi connectivity index (χ2n) is 4.92. The average Bonchev–Trinajstić information content (AvgIpc) is 2.68. The van der Waals surface area contributed by atoms with Crippen LogP contribution in [0.5, 0.6) is 5.75 Å². The lowest BCUT2D eigenvalue weighted by Crippen LogP contribution is -2.27. The maximum Gasteiger partial charge on any atom is 0.201 e. The summed E-state index contributed by atoms with van der Waals surface area (Å²) in [4.78, 5) is 4.34. The Morgan fingerprint density at radius 3 is 3.00 bits per heavy atom. The summed E-state index contributed by atoms with van der Waals surface area (Å²) in [5, 5.41) is 8.98. The number of hydrogen-bond acceptors (Lipinski definition) is 4. The van der Waals surface area contributed by atoms with Gasteiger partial charge in [-0.3, -0.25) is 0 Å². The highest BCUT2D eigenvalue weighted by molar-refractivity contribution is 5.86. The second kappa shape index (κ2) is 3.64. The molecule has 18 heavy (non-hydrogen) atoms. The highest BCUT2D eigenvalue weighted by atomic mass is 16.5. The van der Waals surface area contributed by atoms with Gasteiger partial charge in [-0.2, -0.15) is 5.26 Å². The highest BCUT2D eigenvalue weighted by Gasteiger charge is 2.28. The molecular weight excluding hydrogens is 228 g/mol. The van der Waals surface area contributed by atoms with Crippen LogP contribution >= 0.6 is 0 Å². The first-order valence-corrected chi connectivity index (χ1v) is 5.96. The van der Waals surface area contributed by atoms with Crippen LogP contribution in [0.1, 0.15) is 25.5 Å². The lowest BCUT2D eigenvalue weighted by molar-refractivity contribution is 0.202. The Kier molecular flexibility index (Phi) is 2.20. The van der Waals surface area contributed by atoms with Crippen molar-refractivity contribution in [3.63, 3.8) is 0 Å². The number of nitrogens with zero attached hydrogens (tertiary/aromatic N) is 3. The van der Waals surface area contributed by atoms with E-state index in [4.69, 9.17) is 15.7 Å². The van der Waals surface area contributed by atoms with E-state index >= 15 is 0 Å². The van der Waals surface area contributed by atoms with E-state index in [1.807, 2.05) is 4.57 Å². The van der Waals surface area contributed by atoms with Crippen molar-refractivity contribution in [2.24, 2.45) is 5.92 Å². The molecule has 2 N–H and O–H groups in total. The molecule has 2 aromatic rings. The SMILES string of the molecule is CC(C)[C@H]1COc2cc(C#N)cc3nc(N)n1c23. The third-order valence-electron chi connectivity index (χ3n) is 3.42. The van der Waals surface area contributed by atoms with Gasteiger partial charge in [0.25, 0.3) is 0 Å². The number of nitriles is 1. The van der Waals surface area contributed by atoms with E-state index in [9.17, 15) is 0 Å². The van der Waals surface area contributed by atoms with Gasteiger partial charge in [0.05, 0.1) is 23.2 Å². The number of rotatable bonds is 1. The molecule has 0 saturated carbocycles. The summed E-state index contributed by atoms with van der Waals surface area (Å²) in [7, 11) is 0. The third-order valence-corrected chi connectivity index (χ3v) is 3.42. The van der Waals surface area contributed by atoms with Crippen molar-refractivity contribution >= 4 is 17.0 Å². The molecule has 0 fully saturated rings. The fourth-order valence-corrected chi connectivity index (χ4v) is 2.46. The van der Waals surface area contributed by atoms with Crippen LogP contribution in [-0.4, -0.2) is 16.2 Å². The number of ether oxygens (including phenoxy) is 1. The smallest absolute Gasteiger partial charge is 0.201 e. The minimum Gasteiger partial charge on any atom is -0.489 e. The molecule has 5 heteroatoms. The van der Waals surface area contributed by atoms with Crippen LogP contribution in [-0.2, 0) is 0 Å². The van der Waals surface area contributed by atoms with Gasteiger partial charge in [-0.25, -0.2) is 4.98 Å². The molecular formula is C13H14N4O. The molecule has 5 nitrogen and oxygen atoms in total. The molecule has 1 atom stereocenters. The minimum atomic E-state index is 0.190. The van der Waals surface area contributed by atoms with Crippen LogP contribution in [0.25, 0.3) is 11.0 Å². The second-order valence-corrected chi connectivity index (χ2v) is 4.92. The zero-order chi connectivity index (χ0) is 12.9. The molecule has 1 aromatic carbocycles. The number of hydrogen-bond donors (Lipinski definition) is 1. The number of nitrogen functional groups attached to an aromatic ring is 1. The Morgan fingerprint density at radius 1 is 1.56 bits per heavy atom. The van der Waals surface area contributed by atoms with Crippen LogP contribution in [0.2, 0.25) is 0 Å². The van der Waals surface area contributed by atoms with Crippen molar-refractivity contribution < 1.29 is 4.74 Å². The predicted molar refractivity (Wildman–Crippen MR) is 68.2 cm³/mol. The summed E-state index contributed by atoms with van der Waals surface area (Å²) in [6.07, 6.45) is 0. The Bertz CT molecular complexity index is 666. The lowest BCUT2D eigenvalue weighted by atomic mass is 10.0. The molecule has 0 bridgehead atoms. The number of benzene rings is 1. The standard InChI is InChI=1S/C13H14N4O/c1-7(2)10-6-18-11-4-8(5-14)3-9-12(11)17(10)13(15)16-9/h3-4,7,10H,6H2,1-2H3,(H2,15,16)/t10-/m1/s1. The van der Waals surface area contributed by atoms with Crippen LogP contribution in [0.15, 0.2) is 12.1 Å². The monoisotopic (exact) mass is 242 g/mol. The normalized spacial score (nSPS) is 17.8. The maximum absolute atomic E-state index is 8.98. The van der Waals surface area contributed by atoms with Crippen molar-refractivity contribution in [3.05, 3.63) is 17.7 Å². The Labute approximate surface area is 105 Å². The van der Waals surface area contributed by atoms with Gasteiger partial charge in [0.1, 0.15) is 17.9 Å². The predicted octanol–water partition coefficient (Wildman–Crippen LogP) is 2.08. The topological polar surface area (TPSA) is 76.9 Å². The fourth-order valence-electron chi connectivity index (χ4n) is 2.46. The first kappa shape index (κ1) is 10.9. The maximum atomic E-state index is 8.98. The molecule has 0 radical (unpaired) electrons. The quantitative estimate of drug-likeness (QED) is 0.830. The minimum absolute atomic E-state index is 0.190. The number of aromatic nitrogens is 2. The number of nitrogens with two attached hydrogens (primary N) is 1. The summed E-state index contributed by atoms with van der Waals surface area (Å²) in [6, 6.07) is 5.80. The van der Waals surface area contributed by atoms with Crippen LogP contribution in [0, 0.1) is 17.2 Å². The molecule has 0 unspecified atom stereocenters. The zero-order valence-electron chi connectivity index (χ0n) is 10.3. The van der Waals surface area contributed by atoms with Crippen molar-refractivity contribution in [1.82, 2.24) is 9.55 Å². The van der Waals surface area contributed by atoms with Crippen LogP contribution < -0.4 is 10.5 Å². The Morgan fingerprint density at radius 2 is 2.33 bits per heavy atom. The molecule has 2 heterocycles. The summed E-state index contributed by atoms with van der Waals surface area (Å²) in [5.41, 5.74) is 8.17. The van der Waals surface area contributed by atoms with E-state index in [2.05, 4.69) is 24.9 Å². The molecule has 0 spiro atoms. The molecule has 3 rings (SSSR count). The summed E-state index contributed by atoms with van der Waals surface area (Å²) >= 11 is 0. The molecule has 0 saturated heterocycles. The van der Waals surface area contributed by atoms with Gasteiger partial charge >= 0.3 is 0 Å². The Hall–Kier alpha value is -2.22. The van der Waals surface area contributed by atoms with Gasteiger partial charge in [-0.15, -0.1) is 0 Å². The first-order chi connectivity index (χ1) is 8.61.